The zero-order valence-electron chi connectivity index (χ0n) is 10.6. The summed E-state index contributed by atoms with van der Waals surface area (Å²) in [5, 5.41) is 3.30. The number of rotatable bonds is 1. The molecule has 0 saturated carbocycles. The van der Waals surface area contributed by atoms with Crippen LogP contribution in [0.15, 0.2) is 24.3 Å². The van der Waals surface area contributed by atoms with E-state index >= 15 is 0 Å². The summed E-state index contributed by atoms with van der Waals surface area (Å²) >= 11 is 0. The van der Waals surface area contributed by atoms with Crippen molar-refractivity contribution in [2.45, 2.75) is 20.3 Å². The van der Waals surface area contributed by atoms with Gasteiger partial charge in [-0.2, -0.15) is 0 Å². The second-order valence-corrected chi connectivity index (χ2v) is 4.78. The molecule has 3 heteroatoms. The molecular weight excluding hydrogens is 212 g/mol. The molecule has 1 heterocycles. The Labute approximate surface area is 103 Å². The van der Waals surface area contributed by atoms with Crippen molar-refractivity contribution in [1.82, 2.24) is 5.32 Å². The lowest BCUT2D eigenvalue weighted by Crippen LogP contribution is -2.43. The third-order valence-electron chi connectivity index (χ3n) is 3.22. The second-order valence-electron chi connectivity index (χ2n) is 4.78. The predicted molar refractivity (Wildman–Crippen MR) is 70.2 cm³/mol. The lowest BCUT2D eigenvalue weighted by atomic mass is 10.1. The SMILES string of the molecule is Cc1ccc(N2CCCNCC(C)C2=O)cc1. The van der Waals surface area contributed by atoms with E-state index in [1.54, 1.807) is 0 Å². The maximum absolute atomic E-state index is 12.3. The molecule has 0 radical (unpaired) electrons. The molecular formula is C14H20N2O. The standard InChI is InChI=1S/C14H20N2O/c1-11-4-6-13(7-5-11)16-9-3-8-15-10-12(2)14(16)17/h4-7,12,15H,3,8-10H2,1-2H3. The number of benzene rings is 1. The zero-order valence-corrected chi connectivity index (χ0v) is 10.6. The fourth-order valence-corrected chi connectivity index (χ4v) is 2.13. The van der Waals surface area contributed by atoms with E-state index in [4.69, 9.17) is 0 Å². The Morgan fingerprint density at radius 1 is 1.29 bits per heavy atom. The van der Waals surface area contributed by atoms with Crippen LogP contribution in [-0.2, 0) is 4.79 Å². The van der Waals surface area contributed by atoms with Crippen LogP contribution in [0.5, 0.6) is 0 Å². The second kappa shape index (κ2) is 5.32. The van der Waals surface area contributed by atoms with Crippen molar-refractivity contribution in [3.63, 3.8) is 0 Å². The van der Waals surface area contributed by atoms with Crippen LogP contribution in [0.2, 0.25) is 0 Å². The van der Waals surface area contributed by atoms with Gasteiger partial charge in [-0.25, -0.2) is 0 Å². The summed E-state index contributed by atoms with van der Waals surface area (Å²) in [6.45, 7) is 6.62. The number of carbonyl (C=O) groups is 1. The van der Waals surface area contributed by atoms with Gasteiger partial charge in [-0.15, -0.1) is 0 Å². The van der Waals surface area contributed by atoms with Gasteiger partial charge in [0, 0.05) is 24.7 Å². The highest BCUT2D eigenvalue weighted by atomic mass is 16.2. The Kier molecular flexibility index (Phi) is 3.79. The Morgan fingerprint density at radius 3 is 2.71 bits per heavy atom. The number of aryl methyl sites for hydroxylation is 1. The minimum atomic E-state index is 0.0524. The normalized spacial score (nSPS) is 22.1. The predicted octanol–water partition coefficient (Wildman–Crippen LogP) is 1.96. The van der Waals surface area contributed by atoms with Gasteiger partial charge in [-0.3, -0.25) is 4.79 Å². The van der Waals surface area contributed by atoms with E-state index in [0.29, 0.717) is 0 Å². The molecule has 2 rings (SSSR count). The molecule has 0 aliphatic carbocycles. The topological polar surface area (TPSA) is 32.3 Å². The van der Waals surface area contributed by atoms with Gasteiger partial charge in [0.05, 0.1) is 0 Å². The fourth-order valence-electron chi connectivity index (χ4n) is 2.13. The average Bonchev–Trinajstić information content (AvgIpc) is 2.32. The molecule has 3 nitrogen and oxygen atoms in total. The summed E-state index contributed by atoms with van der Waals surface area (Å²) in [6.07, 6.45) is 1.01. The highest BCUT2D eigenvalue weighted by Crippen LogP contribution is 2.18. The van der Waals surface area contributed by atoms with E-state index in [2.05, 4.69) is 24.4 Å². The van der Waals surface area contributed by atoms with Crippen molar-refractivity contribution in [2.24, 2.45) is 5.92 Å². The Hall–Kier alpha value is -1.35. The van der Waals surface area contributed by atoms with E-state index in [-0.39, 0.29) is 11.8 Å². The molecule has 0 bridgehead atoms. The number of anilines is 1. The highest BCUT2D eigenvalue weighted by Gasteiger charge is 2.22. The van der Waals surface area contributed by atoms with Gasteiger partial charge in [-0.1, -0.05) is 24.6 Å². The Balaban J connectivity index is 2.21. The summed E-state index contributed by atoms with van der Waals surface area (Å²) in [5.74, 6) is 0.276. The minimum absolute atomic E-state index is 0.0524. The molecule has 0 spiro atoms. The summed E-state index contributed by atoms with van der Waals surface area (Å²) in [5.41, 5.74) is 2.25. The number of hydrogen-bond donors (Lipinski definition) is 1. The molecule has 0 aromatic heterocycles. The summed E-state index contributed by atoms with van der Waals surface area (Å²) < 4.78 is 0. The van der Waals surface area contributed by atoms with Crippen LogP contribution in [0.3, 0.4) is 0 Å². The molecule has 1 saturated heterocycles. The van der Waals surface area contributed by atoms with Crippen molar-refractivity contribution in [2.75, 3.05) is 24.5 Å². The van der Waals surface area contributed by atoms with Crippen molar-refractivity contribution >= 4 is 11.6 Å². The van der Waals surface area contributed by atoms with Crippen molar-refractivity contribution in [3.8, 4) is 0 Å². The first-order valence-electron chi connectivity index (χ1n) is 6.27. The summed E-state index contributed by atoms with van der Waals surface area (Å²) in [4.78, 5) is 14.2. The van der Waals surface area contributed by atoms with Crippen molar-refractivity contribution in [3.05, 3.63) is 29.8 Å². The lowest BCUT2D eigenvalue weighted by molar-refractivity contribution is -0.122. The van der Waals surface area contributed by atoms with Crippen LogP contribution >= 0.6 is 0 Å². The summed E-state index contributed by atoms with van der Waals surface area (Å²) in [6, 6.07) is 8.19. The first-order valence-corrected chi connectivity index (χ1v) is 6.27. The van der Waals surface area contributed by atoms with Crippen LogP contribution in [0, 0.1) is 12.8 Å². The van der Waals surface area contributed by atoms with E-state index < -0.39 is 0 Å². The molecule has 1 fully saturated rings. The largest absolute Gasteiger partial charge is 0.316 e. The van der Waals surface area contributed by atoms with E-state index in [0.717, 1.165) is 31.7 Å². The van der Waals surface area contributed by atoms with Crippen LogP contribution < -0.4 is 10.2 Å². The van der Waals surface area contributed by atoms with Gasteiger partial charge in [-0.05, 0) is 32.0 Å². The number of carbonyl (C=O) groups excluding carboxylic acids is 1. The highest BCUT2D eigenvalue weighted by molar-refractivity contribution is 5.95. The van der Waals surface area contributed by atoms with Gasteiger partial charge < -0.3 is 10.2 Å². The maximum Gasteiger partial charge on any atom is 0.231 e. The van der Waals surface area contributed by atoms with Gasteiger partial charge in [0.15, 0.2) is 0 Å². The fraction of sp³-hybridized carbons (Fsp3) is 0.500. The molecule has 1 aromatic carbocycles. The zero-order chi connectivity index (χ0) is 12.3. The van der Waals surface area contributed by atoms with Gasteiger partial charge >= 0.3 is 0 Å². The van der Waals surface area contributed by atoms with Crippen LogP contribution in [-0.4, -0.2) is 25.5 Å². The van der Waals surface area contributed by atoms with Crippen LogP contribution in [0.4, 0.5) is 5.69 Å². The molecule has 1 amide bonds. The molecule has 1 atom stereocenters. The van der Waals surface area contributed by atoms with Gasteiger partial charge in [0.1, 0.15) is 0 Å². The van der Waals surface area contributed by atoms with Gasteiger partial charge in [0.25, 0.3) is 0 Å². The van der Waals surface area contributed by atoms with E-state index in [1.807, 2.05) is 24.0 Å². The van der Waals surface area contributed by atoms with Crippen molar-refractivity contribution < 1.29 is 4.79 Å². The monoisotopic (exact) mass is 232 g/mol. The average molecular weight is 232 g/mol. The smallest absolute Gasteiger partial charge is 0.231 e. The van der Waals surface area contributed by atoms with E-state index in [9.17, 15) is 4.79 Å². The maximum atomic E-state index is 12.3. The third-order valence-corrected chi connectivity index (χ3v) is 3.22. The molecule has 1 aliphatic heterocycles. The Morgan fingerprint density at radius 2 is 2.00 bits per heavy atom. The number of hydrogen-bond acceptors (Lipinski definition) is 2. The number of amides is 1. The van der Waals surface area contributed by atoms with Gasteiger partial charge in [0.2, 0.25) is 5.91 Å². The first-order chi connectivity index (χ1) is 8.18. The molecule has 1 N–H and O–H groups in total. The number of nitrogens with one attached hydrogen (secondary N) is 1. The van der Waals surface area contributed by atoms with Crippen LogP contribution in [0.1, 0.15) is 18.9 Å². The third kappa shape index (κ3) is 2.86. The van der Waals surface area contributed by atoms with Crippen LogP contribution in [0.25, 0.3) is 0 Å². The Bertz CT molecular complexity index is 386. The lowest BCUT2D eigenvalue weighted by Gasteiger charge is -2.28. The number of nitrogens with zero attached hydrogens (tertiary/aromatic N) is 1. The van der Waals surface area contributed by atoms with Crippen molar-refractivity contribution in [1.29, 1.82) is 0 Å². The first kappa shape index (κ1) is 12.1. The molecule has 17 heavy (non-hydrogen) atoms. The molecule has 1 aliphatic rings. The van der Waals surface area contributed by atoms with E-state index in [1.165, 1.54) is 5.56 Å². The summed E-state index contributed by atoms with van der Waals surface area (Å²) in [7, 11) is 0. The molecule has 92 valence electrons. The quantitative estimate of drug-likeness (QED) is 0.802. The molecule has 1 aromatic rings. The minimum Gasteiger partial charge on any atom is -0.316 e. The molecule has 1 unspecified atom stereocenters.